The van der Waals surface area contributed by atoms with Crippen LogP contribution < -0.4 is 9.47 Å². The van der Waals surface area contributed by atoms with Gasteiger partial charge in [-0.05, 0) is 31.9 Å². The highest BCUT2D eigenvalue weighted by Gasteiger charge is 2.15. The fraction of sp³-hybridized carbons (Fsp3) is 0.500. The Balaban J connectivity index is 3.08. The maximum absolute atomic E-state index is 11.3. The molecule has 1 rings (SSSR count). The lowest BCUT2D eigenvalue weighted by molar-refractivity contribution is -0.120. The third-order valence-corrected chi connectivity index (χ3v) is 3.08. The van der Waals surface area contributed by atoms with Gasteiger partial charge in [0.15, 0.2) is 0 Å². The van der Waals surface area contributed by atoms with E-state index in [0.717, 1.165) is 22.6 Å². The minimum Gasteiger partial charge on any atom is -0.496 e. The molecule has 0 spiro atoms. The van der Waals surface area contributed by atoms with Crippen molar-refractivity contribution in [3.63, 3.8) is 0 Å². The highest BCUT2D eigenvalue weighted by molar-refractivity contribution is 5.78. The molecule has 0 saturated heterocycles. The van der Waals surface area contributed by atoms with Gasteiger partial charge in [0.05, 0.1) is 14.2 Å². The molecule has 0 bridgehead atoms. The normalized spacial score (nSPS) is 12.1. The number of rotatable bonds is 5. The van der Waals surface area contributed by atoms with E-state index in [4.69, 9.17) is 9.47 Å². The summed E-state index contributed by atoms with van der Waals surface area (Å²) >= 11 is 0. The Morgan fingerprint density at radius 3 is 2.41 bits per heavy atom. The summed E-state index contributed by atoms with van der Waals surface area (Å²) in [6, 6.07) is 3.88. The fourth-order valence-corrected chi connectivity index (χ4v) is 1.87. The predicted molar refractivity (Wildman–Crippen MR) is 67.8 cm³/mol. The molecular formula is C14H20O3. The molecule has 3 heteroatoms. The summed E-state index contributed by atoms with van der Waals surface area (Å²) in [7, 11) is 3.28. The van der Waals surface area contributed by atoms with Gasteiger partial charge in [0.1, 0.15) is 17.3 Å². The van der Waals surface area contributed by atoms with Crippen LogP contribution in [-0.2, 0) is 11.2 Å². The van der Waals surface area contributed by atoms with Crippen LogP contribution in [0.1, 0.15) is 25.0 Å². The van der Waals surface area contributed by atoms with E-state index >= 15 is 0 Å². The molecule has 17 heavy (non-hydrogen) atoms. The second-order valence-corrected chi connectivity index (χ2v) is 4.30. The number of carbonyl (C=O) groups is 1. The Labute approximate surface area is 103 Å². The van der Waals surface area contributed by atoms with Crippen LogP contribution in [0.25, 0.3) is 0 Å². The molecule has 0 heterocycles. The monoisotopic (exact) mass is 236 g/mol. The number of hydrogen-bond donors (Lipinski definition) is 0. The first-order valence-corrected chi connectivity index (χ1v) is 5.72. The first-order valence-electron chi connectivity index (χ1n) is 5.72. The molecule has 1 atom stereocenters. The van der Waals surface area contributed by atoms with E-state index in [1.807, 2.05) is 26.0 Å². The zero-order chi connectivity index (χ0) is 13.0. The molecule has 1 unspecified atom stereocenters. The Kier molecular flexibility index (Phi) is 4.55. The number of hydrogen-bond acceptors (Lipinski definition) is 3. The standard InChI is InChI=1S/C14H20O3/c1-9(11(3)15)8-12-6-7-13(16-4)10(2)14(12)17-5/h6-7,9H,8H2,1-5H3. The molecule has 0 aliphatic heterocycles. The number of ketones is 1. The summed E-state index contributed by atoms with van der Waals surface area (Å²) in [6.07, 6.45) is 0.698. The summed E-state index contributed by atoms with van der Waals surface area (Å²) in [5.41, 5.74) is 2.02. The Hall–Kier alpha value is -1.51. The van der Waals surface area contributed by atoms with Crippen molar-refractivity contribution in [1.82, 2.24) is 0 Å². The van der Waals surface area contributed by atoms with Crippen LogP contribution in [0.2, 0.25) is 0 Å². The minimum atomic E-state index is 0.0108. The molecule has 0 N–H and O–H groups in total. The van der Waals surface area contributed by atoms with Crippen LogP contribution in [-0.4, -0.2) is 20.0 Å². The molecule has 0 saturated carbocycles. The average molecular weight is 236 g/mol. The Morgan fingerprint density at radius 2 is 1.94 bits per heavy atom. The number of benzene rings is 1. The van der Waals surface area contributed by atoms with Crippen molar-refractivity contribution in [2.45, 2.75) is 27.2 Å². The van der Waals surface area contributed by atoms with E-state index in [-0.39, 0.29) is 11.7 Å². The molecule has 1 aromatic rings. The average Bonchev–Trinajstić information content (AvgIpc) is 2.29. The van der Waals surface area contributed by atoms with Gasteiger partial charge in [-0.25, -0.2) is 0 Å². The van der Waals surface area contributed by atoms with Gasteiger partial charge in [-0.3, -0.25) is 4.79 Å². The van der Waals surface area contributed by atoms with E-state index in [0.29, 0.717) is 6.42 Å². The van der Waals surface area contributed by atoms with Gasteiger partial charge >= 0.3 is 0 Å². The summed E-state index contributed by atoms with van der Waals surface area (Å²) in [4.78, 5) is 11.3. The molecule has 3 nitrogen and oxygen atoms in total. The smallest absolute Gasteiger partial charge is 0.132 e. The van der Waals surface area contributed by atoms with Gasteiger partial charge in [-0.2, -0.15) is 0 Å². The SMILES string of the molecule is COc1ccc(CC(C)C(C)=O)c(OC)c1C. The molecule has 0 radical (unpaired) electrons. The van der Waals surface area contributed by atoms with Crippen molar-refractivity contribution >= 4 is 5.78 Å². The van der Waals surface area contributed by atoms with Gasteiger partial charge in [0.2, 0.25) is 0 Å². The predicted octanol–water partition coefficient (Wildman–Crippen LogP) is 2.78. The van der Waals surface area contributed by atoms with Crippen molar-refractivity contribution in [3.8, 4) is 11.5 Å². The Bertz CT molecular complexity index is 410. The fourth-order valence-electron chi connectivity index (χ4n) is 1.87. The number of methoxy groups -OCH3 is 2. The lowest BCUT2D eigenvalue weighted by Crippen LogP contribution is -2.10. The molecule has 1 aromatic carbocycles. The van der Waals surface area contributed by atoms with Gasteiger partial charge < -0.3 is 9.47 Å². The maximum atomic E-state index is 11.3. The van der Waals surface area contributed by atoms with Gasteiger partial charge in [0, 0.05) is 11.5 Å². The Morgan fingerprint density at radius 1 is 1.29 bits per heavy atom. The van der Waals surface area contributed by atoms with Crippen LogP contribution in [0.4, 0.5) is 0 Å². The van der Waals surface area contributed by atoms with E-state index in [1.165, 1.54) is 0 Å². The minimum absolute atomic E-state index is 0.0108. The molecule has 0 fully saturated rings. The van der Waals surface area contributed by atoms with Crippen molar-refractivity contribution in [3.05, 3.63) is 23.3 Å². The van der Waals surface area contributed by atoms with Gasteiger partial charge in [-0.15, -0.1) is 0 Å². The topological polar surface area (TPSA) is 35.5 Å². The molecule has 0 aromatic heterocycles. The third kappa shape index (κ3) is 2.99. The van der Waals surface area contributed by atoms with E-state index in [2.05, 4.69) is 0 Å². The molecule has 94 valence electrons. The van der Waals surface area contributed by atoms with E-state index in [9.17, 15) is 4.79 Å². The molecular weight excluding hydrogens is 216 g/mol. The highest BCUT2D eigenvalue weighted by Crippen LogP contribution is 2.32. The zero-order valence-corrected chi connectivity index (χ0v) is 11.2. The quantitative estimate of drug-likeness (QED) is 0.788. The summed E-state index contributed by atoms with van der Waals surface area (Å²) in [6.45, 7) is 5.51. The van der Waals surface area contributed by atoms with Crippen LogP contribution in [0.3, 0.4) is 0 Å². The van der Waals surface area contributed by atoms with Crippen molar-refractivity contribution in [2.24, 2.45) is 5.92 Å². The number of ether oxygens (including phenoxy) is 2. The number of Topliss-reactive ketones (excluding diaryl/α,β-unsaturated/α-hetero) is 1. The van der Waals surface area contributed by atoms with Crippen LogP contribution in [0.15, 0.2) is 12.1 Å². The van der Waals surface area contributed by atoms with Crippen molar-refractivity contribution in [1.29, 1.82) is 0 Å². The number of carbonyl (C=O) groups excluding carboxylic acids is 1. The third-order valence-electron chi connectivity index (χ3n) is 3.08. The highest BCUT2D eigenvalue weighted by atomic mass is 16.5. The van der Waals surface area contributed by atoms with Gasteiger partial charge in [-0.1, -0.05) is 13.0 Å². The van der Waals surface area contributed by atoms with Gasteiger partial charge in [0.25, 0.3) is 0 Å². The second-order valence-electron chi connectivity index (χ2n) is 4.30. The van der Waals surface area contributed by atoms with Crippen LogP contribution >= 0.6 is 0 Å². The summed E-state index contributed by atoms with van der Waals surface area (Å²) in [5.74, 6) is 1.83. The lowest BCUT2D eigenvalue weighted by atomic mass is 9.95. The lowest BCUT2D eigenvalue weighted by Gasteiger charge is -2.16. The van der Waals surface area contributed by atoms with E-state index in [1.54, 1.807) is 21.1 Å². The van der Waals surface area contributed by atoms with Crippen molar-refractivity contribution in [2.75, 3.05) is 14.2 Å². The largest absolute Gasteiger partial charge is 0.496 e. The van der Waals surface area contributed by atoms with Crippen molar-refractivity contribution < 1.29 is 14.3 Å². The molecule has 0 amide bonds. The molecule has 0 aliphatic carbocycles. The van der Waals surface area contributed by atoms with Crippen LogP contribution in [0, 0.1) is 12.8 Å². The van der Waals surface area contributed by atoms with E-state index < -0.39 is 0 Å². The first kappa shape index (κ1) is 13.6. The van der Waals surface area contributed by atoms with Crippen LogP contribution in [0.5, 0.6) is 11.5 Å². The maximum Gasteiger partial charge on any atom is 0.132 e. The zero-order valence-electron chi connectivity index (χ0n) is 11.2. The summed E-state index contributed by atoms with van der Waals surface area (Å²) < 4.78 is 10.7. The molecule has 0 aliphatic rings. The second kappa shape index (κ2) is 5.71. The summed E-state index contributed by atoms with van der Waals surface area (Å²) in [5, 5.41) is 0. The first-order chi connectivity index (χ1) is 8.01.